The molecule has 0 N–H and O–H groups in total. The first-order valence-corrected chi connectivity index (χ1v) is 8.93. The lowest BCUT2D eigenvalue weighted by atomic mass is 10.0. The van der Waals surface area contributed by atoms with Crippen LogP contribution < -0.4 is 4.90 Å². The number of carbonyl (C=O) groups is 1. The second-order valence-corrected chi connectivity index (χ2v) is 6.61. The van der Waals surface area contributed by atoms with Crippen molar-refractivity contribution in [3.8, 4) is 6.07 Å². The molecule has 2 aliphatic rings. The Kier molecular flexibility index (Phi) is 4.48. The lowest BCUT2D eigenvalue weighted by Crippen LogP contribution is -2.50. The molecule has 2 aromatic rings. The second-order valence-electron chi connectivity index (χ2n) is 6.61. The van der Waals surface area contributed by atoms with E-state index >= 15 is 0 Å². The highest BCUT2D eigenvalue weighted by Gasteiger charge is 2.33. The number of pyridine rings is 1. The third-order valence-electron chi connectivity index (χ3n) is 5.08. The van der Waals surface area contributed by atoms with E-state index in [-0.39, 0.29) is 11.8 Å². The molecule has 0 saturated carbocycles. The third kappa shape index (κ3) is 2.98. The first-order chi connectivity index (χ1) is 12.8. The molecular formula is C17H20N8O. The predicted molar refractivity (Wildman–Crippen MR) is 92.2 cm³/mol. The Balaban J connectivity index is 1.45. The van der Waals surface area contributed by atoms with E-state index in [0.717, 1.165) is 25.8 Å². The van der Waals surface area contributed by atoms with Crippen LogP contribution in [0.25, 0.3) is 0 Å². The molecule has 134 valence electrons. The van der Waals surface area contributed by atoms with E-state index < -0.39 is 0 Å². The van der Waals surface area contributed by atoms with Crippen molar-refractivity contribution in [2.75, 3.05) is 31.1 Å². The van der Waals surface area contributed by atoms with Crippen molar-refractivity contribution in [2.24, 2.45) is 0 Å². The summed E-state index contributed by atoms with van der Waals surface area (Å²) in [5.74, 6) is 1.22. The predicted octanol–water partition coefficient (Wildman–Crippen LogP) is 0.556. The van der Waals surface area contributed by atoms with E-state index in [1.54, 1.807) is 23.0 Å². The third-order valence-corrected chi connectivity index (χ3v) is 5.08. The van der Waals surface area contributed by atoms with Gasteiger partial charge >= 0.3 is 0 Å². The maximum Gasteiger partial charge on any atom is 0.233 e. The van der Waals surface area contributed by atoms with Crippen molar-refractivity contribution in [1.82, 2.24) is 30.1 Å². The number of hydrogen-bond donors (Lipinski definition) is 0. The Bertz CT molecular complexity index is 833. The Morgan fingerprint density at radius 2 is 2.04 bits per heavy atom. The zero-order valence-electron chi connectivity index (χ0n) is 14.5. The van der Waals surface area contributed by atoms with Crippen LogP contribution >= 0.6 is 0 Å². The van der Waals surface area contributed by atoms with Crippen LogP contribution in [0.15, 0.2) is 18.3 Å². The molecule has 2 aromatic heterocycles. The molecule has 9 nitrogen and oxygen atoms in total. The second kappa shape index (κ2) is 7.07. The molecule has 2 aliphatic heterocycles. The maximum absolute atomic E-state index is 13.1. The summed E-state index contributed by atoms with van der Waals surface area (Å²) in [6, 6.07) is 5.71. The van der Waals surface area contributed by atoms with Gasteiger partial charge in [0.15, 0.2) is 5.82 Å². The van der Waals surface area contributed by atoms with Gasteiger partial charge in [-0.2, -0.15) is 5.26 Å². The zero-order chi connectivity index (χ0) is 17.9. The summed E-state index contributed by atoms with van der Waals surface area (Å²) in [5, 5.41) is 21.1. The molecule has 0 spiro atoms. The zero-order valence-corrected chi connectivity index (χ0v) is 14.5. The number of carbonyl (C=O) groups excluding carboxylic acids is 1. The fourth-order valence-electron chi connectivity index (χ4n) is 3.69. The number of anilines is 1. The number of fused-ring (bicyclic) bond motifs is 1. The van der Waals surface area contributed by atoms with Crippen molar-refractivity contribution in [2.45, 2.75) is 31.7 Å². The lowest BCUT2D eigenvalue weighted by Gasteiger charge is -2.36. The summed E-state index contributed by atoms with van der Waals surface area (Å²) >= 11 is 0. The molecule has 1 atom stereocenters. The highest BCUT2D eigenvalue weighted by molar-refractivity contribution is 5.83. The number of hydrogen-bond acceptors (Lipinski definition) is 7. The van der Waals surface area contributed by atoms with E-state index in [1.165, 1.54) is 0 Å². The molecule has 1 fully saturated rings. The van der Waals surface area contributed by atoms with Crippen molar-refractivity contribution in [3.05, 3.63) is 29.7 Å². The fourth-order valence-corrected chi connectivity index (χ4v) is 3.69. The Labute approximate surface area is 151 Å². The standard InChI is InChI=1S/C17H20N8O/c18-12-13-4-3-6-19-15(13)23-8-10-24(11-9-23)17(26)14-5-1-2-7-25-16(14)20-21-22-25/h3-4,6,14H,1-2,5,7-11H2. The number of amides is 1. The topological polar surface area (TPSA) is 104 Å². The van der Waals surface area contributed by atoms with Crippen LogP contribution in [-0.2, 0) is 11.3 Å². The molecule has 9 heteroatoms. The van der Waals surface area contributed by atoms with Crippen LogP contribution in [0, 0.1) is 11.3 Å². The largest absolute Gasteiger partial charge is 0.352 e. The van der Waals surface area contributed by atoms with Crippen molar-refractivity contribution >= 4 is 11.7 Å². The molecule has 0 bridgehead atoms. The quantitative estimate of drug-likeness (QED) is 0.777. The summed E-state index contributed by atoms with van der Waals surface area (Å²) in [7, 11) is 0. The van der Waals surface area contributed by atoms with Gasteiger partial charge in [0, 0.05) is 38.9 Å². The molecule has 1 amide bonds. The Morgan fingerprint density at radius 3 is 2.85 bits per heavy atom. The molecule has 4 rings (SSSR count). The van der Waals surface area contributed by atoms with Crippen LogP contribution in [0.4, 0.5) is 5.82 Å². The van der Waals surface area contributed by atoms with E-state index in [1.807, 2.05) is 4.90 Å². The summed E-state index contributed by atoms with van der Waals surface area (Å²) in [4.78, 5) is 21.4. The average Bonchev–Trinajstić information content (AvgIpc) is 3.07. The number of rotatable bonds is 2. The molecule has 4 heterocycles. The highest BCUT2D eigenvalue weighted by Crippen LogP contribution is 2.27. The minimum Gasteiger partial charge on any atom is -0.352 e. The first kappa shape index (κ1) is 16.4. The van der Waals surface area contributed by atoms with Gasteiger partial charge in [-0.15, -0.1) is 5.10 Å². The minimum atomic E-state index is -0.261. The van der Waals surface area contributed by atoms with E-state index in [4.69, 9.17) is 0 Å². The van der Waals surface area contributed by atoms with Crippen LogP contribution in [0.5, 0.6) is 0 Å². The van der Waals surface area contributed by atoms with Gasteiger partial charge in [0.05, 0.1) is 11.5 Å². The number of aromatic nitrogens is 5. The SMILES string of the molecule is N#Cc1cccnc1N1CCN(C(=O)C2CCCCn3nnnc32)CC1. The Morgan fingerprint density at radius 1 is 1.19 bits per heavy atom. The molecule has 1 saturated heterocycles. The highest BCUT2D eigenvalue weighted by atomic mass is 16.2. The van der Waals surface area contributed by atoms with Crippen LogP contribution in [0.3, 0.4) is 0 Å². The van der Waals surface area contributed by atoms with Crippen LogP contribution in [0.2, 0.25) is 0 Å². The maximum atomic E-state index is 13.1. The molecule has 0 aliphatic carbocycles. The average molecular weight is 352 g/mol. The summed E-state index contributed by atoms with van der Waals surface area (Å²) in [6.45, 7) is 3.32. The number of nitriles is 1. The van der Waals surface area contributed by atoms with E-state index in [9.17, 15) is 10.1 Å². The van der Waals surface area contributed by atoms with E-state index in [2.05, 4.69) is 31.5 Å². The normalized spacial score (nSPS) is 20.2. The lowest BCUT2D eigenvalue weighted by molar-refractivity contribution is -0.133. The first-order valence-electron chi connectivity index (χ1n) is 8.93. The van der Waals surface area contributed by atoms with Gasteiger partial charge in [0.1, 0.15) is 11.9 Å². The smallest absolute Gasteiger partial charge is 0.233 e. The Hall–Kier alpha value is -3.02. The number of aryl methyl sites for hydroxylation is 1. The fraction of sp³-hybridized carbons (Fsp3) is 0.529. The molecule has 1 unspecified atom stereocenters. The van der Waals surface area contributed by atoms with Gasteiger partial charge in [0.25, 0.3) is 0 Å². The molecule has 0 aromatic carbocycles. The monoisotopic (exact) mass is 352 g/mol. The number of tetrazole rings is 1. The van der Waals surface area contributed by atoms with Gasteiger partial charge in [-0.3, -0.25) is 4.79 Å². The summed E-state index contributed by atoms with van der Waals surface area (Å²) in [5.41, 5.74) is 0.565. The molecule has 0 radical (unpaired) electrons. The number of piperazine rings is 1. The van der Waals surface area contributed by atoms with Crippen molar-refractivity contribution < 1.29 is 4.79 Å². The van der Waals surface area contributed by atoms with Gasteiger partial charge in [-0.1, -0.05) is 6.42 Å². The van der Waals surface area contributed by atoms with Crippen molar-refractivity contribution in [3.63, 3.8) is 0 Å². The van der Waals surface area contributed by atoms with Gasteiger partial charge in [0.2, 0.25) is 5.91 Å². The summed E-state index contributed by atoms with van der Waals surface area (Å²) < 4.78 is 1.76. The molecular weight excluding hydrogens is 332 g/mol. The van der Waals surface area contributed by atoms with Gasteiger partial charge in [-0.25, -0.2) is 9.67 Å². The molecule has 26 heavy (non-hydrogen) atoms. The summed E-state index contributed by atoms with van der Waals surface area (Å²) in [6.07, 6.45) is 4.46. The number of nitrogens with zero attached hydrogens (tertiary/aromatic N) is 8. The minimum absolute atomic E-state index is 0.101. The van der Waals surface area contributed by atoms with E-state index in [0.29, 0.717) is 43.4 Å². The van der Waals surface area contributed by atoms with Gasteiger partial charge < -0.3 is 9.80 Å². The van der Waals surface area contributed by atoms with Crippen LogP contribution in [0.1, 0.15) is 36.6 Å². The van der Waals surface area contributed by atoms with Crippen LogP contribution in [-0.4, -0.2) is 62.2 Å². The van der Waals surface area contributed by atoms with Crippen molar-refractivity contribution in [1.29, 1.82) is 5.26 Å². The van der Waals surface area contributed by atoms with Gasteiger partial charge in [-0.05, 0) is 35.4 Å².